The second kappa shape index (κ2) is 21.7. The summed E-state index contributed by atoms with van der Waals surface area (Å²) in [5.74, 6) is -3.30. The van der Waals surface area contributed by atoms with E-state index in [2.05, 4.69) is 0 Å². The number of carbonyl (C=O) groups is 4. The molecule has 0 bridgehead atoms. The highest BCUT2D eigenvalue weighted by molar-refractivity contribution is 8.01. The van der Waals surface area contributed by atoms with Crippen LogP contribution in [-0.4, -0.2) is 134 Å². The van der Waals surface area contributed by atoms with Crippen molar-refractivity contribution in [2.24, 2.45) is 5.41 Å². The molecule has 240 valence electrons. The number of ether oxygens (including phenoxy) is 4. The van der Waals surface area contributed by atoms with Crippen molar-refractivity contribution in [2.45, 2.75) is 13.8 Å². The molecule has 0 unspecified atom stereocenters. The van der Waals surface area contributed by atoms with Gasteiger partial charge in [0, 0.05) is 11.5 Å². The Labute approximate surface area is 257 Å². The molecule has 0 saturated heterocycles. The van der Waals surface area contributed by atoms with Crippen LogP contribution in [0.2, 0.25) is 0 Å². The van der Waals surface area contributed by atoms with E-state index in [-0.39, 0.29) is 34.5 Å². The average molecular weight is 705 g/mol. The number of thioether (sulfide) groups is 4. The minimum atomic E-state index is -4.20. The SMILES string of the molecule is CCSCC(=O)OCC(COC(=O)CSCC)(COC(=O)CSCCS(=O)(=O)O)COC(=O)CSCCS(=O)(=O)O. The summed E-state index contributed by atoms with van der Waals surface area (Å²) < 4.78 is 82.1. The Hall–Kier alpha value is -0.900. The summed E-state index contributed by atoms with van der Waals surface area (Å²) in [6, 6.07) is 0. The van der Waals surface area contributed by atoms with Gasteiger partial charge in [0.15, 0.2) is 0 Å². The lowest BCUT2D eigenvalue weighted by Crippen LogP contribution is -2.44. The van der Waals surface area contributed by atoms with Gasteiger partial charge in [-0.25, -0.2) is 0 Å². The summed E-state index contributed by atoms with van der Waals surface area (Å²) in [6.45, 7) is 1.79. The Morgan fingerprint density at radius 2 is 0.829 bits per heavy atom. The Morgan fingerprint density at radius 3 is 1.07 bits per heavy atom. The zero-order valence-electron chi connectivity index (χ0n) is 22.6. The van der Waals surface area contributed by atoms with Gasteiger partial charge in [0.1, 0.15) is 31.8 Å². The van der Waals surface area contributed by atoms with Crippen molar-refractivity contribution in [3.8, 4) is 0 Å². The van der Waals surface area contributed by atoms with Crippen molar-refractivity contribution in [1.29, 1.82) is 0 Å². The third-order valence-electron chi connectivity index (χ3n) is 4.42. The third-order valence-corrected chi connectivity index (χ3v) is 9.93. The smallest absolute Gasteiger partial charge is 0.315 e. The Kier molecular flexibility index (Phi) is 21.3. The summed E-state index contributed by atoms with van der Waals surface area (Å²) in [4.78, 5) is 49.0. The van der Waals surface area contributed by atoms with Crippen LogP contribution in [-0.2, 0) is 58.4 Å². The quantitative estimate of drug-likeness (QED) is 0.0618. The molecular weight excluding hydrogens is 669 g/mol. The van der Waals surface area contributed by atoms with Gasteiger partial charge in [-0.05, 0) is 11.5 Å². The highest BCUT2D eigenvalue weighted by Crippen LogP contribution is 2.23. The van der Waals surface area contributed by atoms with E-state index in [0.717, 1.165) is 23.5 Å². The van der Waals surface area contributed by atoms with Crippen molar-refractivity contribution in [3.05, 3.63) is 0 Å². The predicted octanol–water partition coefficient (Wildman–Crippen LogP) is 0.894. The van der Waals surface area contributed by atoms with Crippen LogP contribution in [0.25, 0.3) is 0 Å². The topological polar surface area (TPSA) is 214 Å². The van der Waals surface area contributed by atoms with Crippen molar-refractivity contribution in [3.63, 3.8) is 0 Å². The molecule has 0 aliphatic carbocycles. The fourth-order valence-electron chi connectivity index (χ4n) is 2.36. The molecule has 0 aromatic heterocycles. The Balaban J connectivity index is 5.52. The number of rotatable bonds is 24. The normalized spacial score (nSPS) is 12.0. The van der Waals surface area contributed by atoms with Gasteiger partial charge in [-0.15, -0.1) is 23.5 Å². The first-order chi connectivity index (χ1) is 19.1. The third kappa shape index (κ3) is 24.3. The van der Waals surface area contributed by atoms with Crippen LogP contribution in [0.15, 0.2) is 0 Å². The van der Waals surface area contributed by atoms with Gasteiger partial charge in [0.2, 0.25) is 0 Å². The molecule has 20 heteroatoms. The van der Waals surface area contributed by atoms with Crippen LogP contribution < -0.4 is 0 Å². The van der Waals surface area contributed by atoms with E-state index in [1.807, 2.05) is 13.8 Å². The number of hydrogen-bond acceptors (Lipinski definition) is 16. The molecule has 0 aromatic rings. The molecule has 0 spiro atoms. The van der Waals surface area contributed by atoms with Crippen molar-refractivity contribution in [1.82, 2.24) is 0 Å². The van der Waals surface area contributed by atoms with Crippen LogP contribution in [0.5, 0.6) is 0 Å². The van der Waals surface area contributed by atoms with Crippen molar-refractivity contribution >= 4 is 91.2 Å². The minimum absolute atomic E-state index is 0.0217. The first kappa shape index (κ1) is 40.1. The molecule has 0 heterocycles. The lowest BCUT2D eigenvalue weighted by molar-refractivity contribution is -0.167. The van der Waals surface area contributed by atoms with Crippen LogP contribution in [0.1, 0.15) is 13.8 Å². The second-order valence-corrected chi connectivity index (χ2v) is 16.0. The first-order valence-corrected chi connectivity index (χ1v) is 19.8. The average Bonchev–Trinajstić information content (AvgIpc) is 2.89. The highest BCUT2D eigenvalue weighted by atomic mass is 32.2. The summed E-state index contributed by atoms with van der Waals surface area (Å²) in [7, 11) is -8.40. The van der Waals surface area contributed by atoms with Crippen LogP contribution in [0, 0.1) is 5.41 Å². The summed E-state index contributed by atoms with van der Waals surface area (Å²) in [5, 5.41) is 0. The molecule has 0 atom stereocenters. The molecule has 0 fully saturated rings. The van der Waals surface area contributed by atoms with E-state index in [9.17, 15) is 36.0 Å². The maximum absolute atomic E-state index is 12.3. The van der Waals surface area contributed by atoms with Crippen molar-refractivity contribution in [2.75, 3.05) is 84.0 Å². The summed E-state index contributed by atoms with van der Waals surface area (Å²) in [6.07, 6.45) is 0. The Bertz CT molecular complexity index is 949. The van der Waals surface area contributed by atoms with Gasteiger partial charge in [0.25, 0.3) is 20.2 Å². The molecule has 41 heavy (non-hydrogen) atoms. The number of hydrogen-bond donors (Lipinski definition) is 2. The van der Waals surface area contributed by atoms with E-state index in [4.69, 9.17) is 28.1 Å². The molecule has 2 N–H and O–H groups in total. The lowest BCUT2D eigenvalue weighted by Gasteiger charge is -2.31. The molecule has 0 amide bonds. The molecule has 0 radical (unpaired) electrons. The predicted molar refractivity (Wildman–Crippen MR) is 160 cm³/mol. The molecular formula is C21H36O14S6. The molecule has 0 aliphatic heterocycles. The minimum Gasteiger partial charge on any atom is -0.464 e. The van der Waals surface area contributed by atoms with E-state index < -0.39 is 87.5 Å². The van der Waals surface area contributed by atoms with Crippen LogP contribution in [0.3, 0.4) is 0 Å². The number of carbonyl (C=O) groups excluding carboxylic acids is 4. The van der Waals surface area contributed by atoms with Gasteiger partial charge < -0.3 is 18.9 Å². The molecule has 0 aliphatic rings. The monoisotopic (exact) mass is 704 g/mol. The standard InChI is InChI=1S/C21H36O14S6/c1-3-36-9-17(22)32-13-21(14-33-18(23)10-37-4-2,15-34-19(24)11-38-5-7-40(26,27)28)16-35-20(25)12-39-6-8-41(29,30)31/h3-16H2,1-2H3,(H,26,27,28)(H,29,30,31). The lowest BCUT2D eigenvalue weighted by atomic mass is 9.92. The largest absolute Gasteiger partial charge is 0.464 e. The van der Waals surface area contributed by atoms with Crippen LogP contribution >= 0.6 is 47.0 Å². The zero-order chi connectivity index (χ0) is 31.4. The fraction of sp³-hybridized carbons (Fsp3) is 0.810. The molecule has 0 saturated carbocycles. The molecule has 0 rings (SSSR count). The maximum atomic E-state index is 12.3. The number of esters is 4. The molecule has 14 nitrogen and oxygen atoms in total. The zero-order valence-corrected chi connectivity index (χ0v) is 27.5. The van der Waals surface area contributed by atoms with Crippen LogP contribution in [0.4, 0.5) is 0 Å². The highest BCUT2D eigenvalue weighted by Gasteiger charge is 2.38. The van der Waals surface area contributed by atoms with Crippen molar-refractivity contribution < 1.29 is 64.1 Å². The van der Waals surface area contributed by atoms with E-state index in [1.165, 1.54) is 23.5 Å². The van der Waals surface area contributed by atoms with E-state index >= 15 is 0 Å². The first-order valence-electron chi connectivity index (χ1n) is 11.9. The van der Waals surface area contributed by atoms with Gasteiger partial charge in [0.05, 0.1) is 34.5 Å². The fourth-order valence-corrected chi connectivity index (χ4v) is 6.69. The second-order valence-electron chi connectivity index (χ2n) is 8.09. The summed E-state index contributed by atoms with van der Waals surface area (Å²) in [5.41, 5.74) is -1.50. The Morgan fingerprint density at radius 1 is 0.561 bits per heavy atom. The van der Waals surface area contributed by atoms with Gasteiger partial charge >= 0.3 is 23.9 Å². The molecule has 0 aromatic carbocycles. The van der Waals surface area contributed by atoms with Gasteiger partial charge in [-0.1, -0.05) is 13.8 Å². The van der Waals surface area contributed by atoms with Gasteiger partial charge in [-0.3, -0.25) is 28.3 Å². The van der Waals surface area contributed by atoms with E-state index in [1.54, 1.807) is 0 Å². The summed E-state index contributed by atoms with van der Waals surface area (Å²) >= 11 is 4.36. The van der Waals surface area contributed by atoms with Gasteiger partial charge in [-0.2, -0.15) is 40.4 Å². The van der Waals surface area contributed by atoms with E-state index in [0.29, 0.717) is 11.5 Å². The maximum Gasteiger partial charge on any atom is 0.315 e.